The highest BCUT2D eigenvalue weighted by Crippen LogP contribution is 2.26. The molecule has 0 radical (unpaired) electrons. The Bertz CT molecular complexity index is 1280. The van der Waals surface area contributed by atoms with Crippen LogP contribution in [0.3, 0.4) is 0 Å². The molecule has 0 saturated heterocycles. The maximum absolute atomic E-state index is 12.9. The van der Waals surface area contributed by atoms with Crippen LogP contribution in [0.1, 0.15) is 31.2 Å². The van der Waals surface area contributed by atoms with Crippen LogP contribution in [0.25, 0.3) is 28.5 Å². The van der Waals surface area contributed by atoms with Crippen molar-refractivity contribution in [2.24, 2.45) is 0 Å². The summed E-state index contributed by atoms with van der Waals surface area (Å²) in [7, 11) is 1.56. The number of H-pyrrole nitrogens is 1. The number of thioether (sulfide) groups is 1. The molecule has 4 rings (SSSR count). The standard InChI is InChI=1S/C24H25N5O2S/c1-15(2)17-6-5-7-18(12-17)29-23(20-13-25-21(14-31-3)26-24(20)30)27-22(28-29)16-8-10-19(32-4)11-9-16/h5-13,15H,14H2,1-4H3,(H,25,26,30). The van der Waals surface area contributed by atoms with Gasteiger partial charge in [0, 0.05) is 23.8 Å². The average Bonchev–Trinajstić information content (AvgIpc) is 3.25. The zero-order chi connectivity index (χ0) is 22.7. The van der Waals surface area contributed by atoms with Crippen molar-refractivity contribution in [3.8, 4) is 28.5 Å². The van der Waals surface area contributed by atoms with Gasteiger partial charge in [-0.15, -0.1) is 16.9 Å². The minimum absolute atomic E-state index is 0.228. The zero-order valence-corrected chi connectivity index (χ0v) is 19.3. The summed E-state index contributed by atoms with van der Waals surface area (Å²) in [4.78, 5) is 25.9. The van der Waals surface area contributed by atoms with Crippen LogP contribution >= 0.6 is 11.8 Å². The van der Waals surface area contributed by atoms with Crippen LogP contribution in [0.4, 0.5) is 0 Å². The van der Waals surface area contributed by atoms with E-state index >= 15 is 0 Å². The Morgan fingerprint density at radius 2 is 1.94 bits per heavy atom. The van der Waals surface area contributed by atoms with E-state index in [0.29, 0.717) is 29.0 Å². The van der Waals surface area contributed by atoms with Crippen molar-refractivity contribution in [3.05, 3.63) is 76.5 Å². The fraction of sp³-hybridized carbons (Fsp3) is 0.250. The number of aromatic amines is 1. The molecule has 32 heavy (non-hydrogen) atoms. The number of hydrogen-bond acceptors (Lipinski definition) is 6. The highest BCUT2D eigenvalue weighted by molar-refractivity contribution is 7.98. The first-order valence-electron chi connectivity index (χ1n) is 10.3. The van der Waals surface area contributed by atoms with Gasteiger partial charge >= 0.3 is 0 Å². The average molecular weight is 448 g/mol. The van der Waals surface area contributed by atoms with Crippen LogP contribution in [0, 0.1) is 0 Å². The summed E-state index contributed by atoms with van der Waals surface area (Å²) in [6, 6.07) is 16.2. The van der Waals surface area contributed by atoms with Gasteiger partial charge in [0.25, 0.3) is 5.56 Å². The summed E-state index contributed by atoms with van der Waals surface area (Å²) < 4.78 is 6.78. The molecule has 2 aromatic heterocycles. The third kappa shape index (κ3) is 4.51. The van der Waals surface area contributed by atoms with Gasteiger partial charge < -0.3 is 9.72 Å². The third-order valence-electron chi connectivity index (χ3n) is 5.11. The first kappa shape index (κ1) is 22.0. The monoisotopic (exact) mass is 447 g/mol. The van der Waals surface area contributed by atoms with Crippen LogP contribution in [-0.4, -0.2) is 38.1 Å². The van der Waals surface area contributed by atoms with Crippen molar-refractivity contribution in [2.45, 2.75) is 31.3 Å². The van der Waals surface area contributed by atoms with E-state index in [-0.39, 0.29) is 12.2 Å². The van der Waals surface area contributed by atoms with Crippen molar-refractivity contribution in [1.82, 2.24) is 24.7 Å². The minimum Gasteiger partial charge on any atom is -0.377 e. The highest BCUT2D eigenvalue weighted by atomic mass is 32.2. The molecule has 164 valence electrons. The number of hydrogen-bond donors (Lipinski definition) is 1. The lowest BCUT2D eigenvalue weighted by molar-refractivity contribution is 0.177. The first-order valence-corrected chi connectivity index (χ1v) is 11.5. The molecule has 7 nitrogen and oxygen atoms in total. The molecule has 0 aliphatic carbocycles. The van der Waals surface area contributed by atoms with Gasteiger partial charge in [0.2, 0.25) is 0 Å². The molecule has 1 N–H and O–H groups in total. The third-order valence-corrected chi connectivity index (χ3v) is 5.85. The summed E-state index contributed by atoms with van der Waals surface area (Å²) in [5, 5.41) is 4.78. The van der Waals surface area contributed by atoms with Gasteiger partial charge in [-0.3, -0.25) is 4.79 Å². The molecule has 0 aliphatic heterocycles. The fourth-order valence-corrected chi connectivity index (χ4v) is 3.75. The second kappa shape index (κ2) is 9.50. The fourth-order valence-electron chi connectivity index (χ4n) is 3.35. The quantitative estimate of drug-likeness (QED) is 0.414. The van der Waals surface area contributed by atoms with Gasteiger partial charge in [0.05, 0.1) is 5.69 Å². The second-order valence-corrected chi connectivity index (χ2v) is 8.53. The molecule has 2 heterocycles. The SMILES string of the molecule is COCc1ncc(-c2nc(-c3ccc(SC)cc3)nn2-c2cccc(C(C)C)c2)c(=O)[nH]1. The summed E-state index contributed by atoms with van der Waals surface area (Å²) in [6.07, 6.45) is 3.56. The molecule has 8 heteroatoms. The van der Waals surface area contributed by atoms with E-state index in [1.165, 1.54) is 11.8 Å². The maximum atomic E-state index is 12.9. The molecule has 0 bridgehead atoms. The lowest BCUT2D eigenvalue weighted by atomic mass is 10.0. The van der Waals surface area contributed by atoms with Crippen LogP contribution in [-0.2, 0) is 11.3 Å². The summed E-state index contributed by atoms with van der Waals surface area (Å²) in [5.74, 6) is 1.80. The highest BCUT2D eigenvalue weighted by Gasteiger charge is 2.19. The molecule has 0 atom stereocenters. The second-order valence-electron chi connectivity index (χ2n) is 7.65. The maximum Gasteiger partial charge on any atom is 0.262 e. The molecule has 2 aromatic carbocycles. The van der Waals surface area contributed by atoms with E-state index < -0.39 is 0 Å². The molecule has 0 unspecified atom stereocenters. The van der Waals surface area contributed by atoms with Crippen molar-refractivity contribution in [3.63, 3.8) is 0 Å². The van der Waals surface area contributed by atoms with E-state index in [0.717, 1.165) is 16.1 Å². The molecule has 0 aliphatic rings. The van der Waals surface area contributed by atoms with Gasteiger partial charge in [-0.05, 0) is 42.0 Å². The Balaban J connectivity index is 1.88. The van der Waals surface area contributed by atoms with Gasteiger partial charge in [0.1, 0.15) is 18.0 Å². The summed E-state index contributed by atoms with van der Waals surface area (Å²) in [5.41, 5.74) is 2.95. The summed E-state index contributed by atoms with van der Waals surface area (Å²) in [6.45, 7) is 4.51. The molecular formula is C24H25N5O2S. The van der Waals surface area contributed by atoms with Crippen LogP contribution in [0.15, 0.2) is 64.4 Å². The predicted octanol–water partition coefficient (Wildman–Crippen LogP) is 4.68. The van der Waals surface area contributed by atoms with Gasteiger partial charge in [-0.2, -0.15) is 0 Å². The molecule has 0 spiro atoms. The van der Waals surface area contributed by atoms with E-state index in [4.69, 9.17) is 14.8 Å². The topological polar surface area (TPSA) is 85.7 Å². The van der Waals surface area contributed by atoms with Crippen LogP contribution in [0.2, 0.25) is 0 Å². The Hall–Kier alpha value is -3.23. The summed E-state index contributed by atoms with van der Waals surface area (Å²) >= 11 is 1.68. The van der Waals surface area contributed by atoms with Crippen molar-refractivity contribution < 1.29 is 4.74 Å². The number of rotatable bonds is 7. The number of nitrogens with zero attached hydrogens (tertiary/aromatic N) is 4. The van der Waals surface area contributed by atoms with Crippen LogP contribution in [0.5, 0.6) is 0 Å². The number of ether oxygens (including phenoxy) is 1. The molecule has 4 aromatic rings. The smallest absolute Gasteiger partial charge is 0.262 e. The lowest BCUT2D eigenvalue weighted by Gasteiger charge is -2.10. The van der Waals surface area contributed by atoms with Gasteiger partial charge in [-0.25, -0.2) is 14.6 Å². The van der Waals surface area contributed by atoms with Crippen molar-refractivity contribution in [1.29, 1.82) is 0 Å². The molecular weight excluding hydrogens is 422 g/mol. The van der Waals surface area contributed by atoms with E-state index in [2.05, 4.69) is 35.9 Å². The predicted molar refractivity (Wildman–Crippen MR) is 127 cm³/mol. The number of nitrogens with one attached hydrogen (secondary N) is 1. The van der Waals surface area contributed by atoms with E-state index in [1.54, 1.807) is 23.6 Å². The Kier molecular flexibility index (Phi) is 6.53. The van der Waals surface area contributed by atoms with Gasteiger partial charge in [-0.1, -0.05) is 38.1 Å². The Morgan fingerprint density at radius 3 is 2.59 bits per heavy atom. The van der Waals surface area contributed by atoms with E-state index in [1.807, 2.05) is 42.7 Å². The van der Waals surface area contributed by atoms with Gasteiger partial charge in [0.15, 0.2) is 11.6 Å². The lowest BCUT2D eigenvalue weighted by Crippen LogP contribution is -2.16. The first-order chi connectivity index (χ1) is 15.5. The molecule has 0 fully saturated rings. The Labute approximate surface area is 190 Å². The van der Waals surface area contributed by atoms with Crippen molar-refractivity contribution >= 4 is 11.8 Å². The zero-order valence-electron chi connectivity index (χ0n) is 18.5. The number of methoxy groups -OCH3 is 1. The molecule has 0 amide bonds. The molecule has 0 saturated carbocycles. The largest absolute Gasteiger partial charge is 0.377 e. The van der Waals surface area contributed by atoms with Crippen LogP contribution < -0.4 is 5.56 Å². The van der Waals surface area contributed by atoms with E-state index in [9.17, 15) is 4.79 Å². The Morgan fingerprint density at radius 1 is 1.16 bits per heavy atom. The number of aromatic nitrogens is 5. The minimum atomic E-state index is -0.287. The normalized spacial score (nSPS) is 11.3. The number of benzene rings is 2. The van der Waals surface area contributed by atoms with Crippen molar-refractivity contribution in [2.75, 3.05) is 13.4 Å².